The second-order valence-electron chi connectivity index (χ2n) is 5.84. The molecule has 0 atom stereocenters. The molecule has 0 aliphatic heterocycles. The summed E-state index contributed by atoms with van der Waals surface area (Å²) in [6.07, 6.45) is 0. The van der Waals surface area contributed by atoms with Crippen molar-refractivity contribution in [2.45, 2.75) is 20.4 Å². The van der Waals surface area contributed by atoms with Crippen LogP contribution >= 0.6 is 0 Å². The maximum atomic E-state index is 5.74. The van der Waals surface area contributed by atoms with Gasteiger partial charge < -0.3 is 16.4 Å². The first-order valence-corrected chi connectivity index (χ1v) is 6.30. The van der Waals surface area contributed by atoms with Crippen LogP contribution in [0.5, 0.6) is 0 Å². The van der Waals surface area contributed by atoms with E-state index in [-0.39, 0.29) is 11.4 Å². The van der Waals surface area contributed by atoms with Gasteiger partial charge in [-0.2, -0.15) is 15.0 Å². The first-order chi connectivity index (χ1) is 8.73. The van der Waals surface area contributed by atoms with Crippen molar-refractivity contribution in [3.8, 4) is 0 Å². The third-order valence-corrected chi connectivity index (χ3v) is 2.75. The average Bonchev–Trinajstić information content (AvgIpc) is 2.27. The number of anilines is 2. The number of aromatic nitrogens is 3. The number of hydrogen-bond acceptors (Lipinski definition) is 7. The molecule has 0 spiro atoms. The lowest BCUT2D eigenvalue weighted by Crippen LogP contribution is -2.36. The van der Waals surface area contributed by atoms with Gasteiger partial charge in [0.05, 0.1) is 6.54 Å². The van der Waals surface area contributed by atoms with Crippen molar-refractivity contribution >= 4 is 11.9 Å². The Morgan fingerprint density at radius 3 is 2.26 bits per heavy atom. The van der Waals surface area contributed by atoms with Crippen LogP contribution in [-0.2, 0) is 6.54 Å². The molecule has 0 saturated carbocycles. The maximum absolute atomic E-state index is 5.74. The Hall–Kier alpha value is -1.47. The van der Waals surface area contributed by atoms with Crippen molar-refractivity contribution in [1.82, 2.24) is 19.9 Å². The molecule has 0 aliphatic carbocycles. The lowest BCUT2D eigenvalue weighted by atomic mass is 9.93. The van der Waals surface area contributed by atoms with Gasteiger partial charge in [-0.05, 0) is 19.0 Å². The summed E-state index contributed by atoms with van der Waals surface area (Å²) in [5.74, 6) is 1.50. The van der Waals surface area contributed by atoms with Crippen molar-refractivity contribution in [3.05, 3.63) is 5.82 Å². The SMILES string of the molecule is CN(Cc1nc(N)nc(N(C)C)n1)CC(C)(C)CN. The van der Waals surface area contributed by atoms with Crippen LogP contribution in [0.15, 0.2) is 0 Å². The number of nitrogens with two attached hydrogens (primary N) is 2. The Morgan fingerprint density at radius 2 is 1.74 bits per heavy atom. The second kappa shape index (κ2) is 6.12. The summed E-state index contributed by atoms with van der Waals surface area (Å²) in [5.41, 5.74) is 11.5. The topological polar surface area (TPSA) is 97.2 Å². The lowest BCUT2D eigenvalue weighted by molar-refractivity contribution is 0.206. The van der Waals surface area contributed by atoms with E-state index in [9.17, 15) is 0 Å². The zero-order chi connectivity index (χ0) is 14.6. The summed E-state index contributed by atoms with van der Waals surface area (Å²) >= 11 is 0. The van der Waals surface area contributed by atoms with Crippen molar-refractivity contribution in [2.75, 3.05) is 44.9 Å². The van der Waals surface area contributed by atoms with Crippen LogP contribution in [0.3, 0.4) is 0 Å². The normalized spacial score (nSPS) is 11.9. The van der Waals surface area contributed by atoms with Crippen molar-refractivity contribution < 1.29 is 0 Å². The van der Waals surface area contributed by atoms with Gasteiger partial charge in [0.1, 0.15) is 5.82 Å². The minimum atomic E-state index is 0.0672. The van der Waals surface area contributed by atoms with E-state index in [1.165, 1.54) is 0 Å². The van der Waals surface area contributed by atoms with E-state index in [1.54, 1.807) is 0 Å². The number of hydrogen-bond donors (Lipinski definition) is 2. The fraction of sp³-hybridized carbons (Fsp3) is 0.750. The monoisotopic (exact) mass is 267 g/mol. The highest BCUT2D eigenvalue weighted by molar-refractivity contribution is 5.32. The minimum absolute atomic E-state index is 0.0672. The summed E-state index contributed by atoms with van der Waals surface area (Å²) in [5, 5.41) is 0. The van der Waals surface area contributed by atoms with Gasteiger partial charge in [0.2, 0.25) is 11.9 Å². The molecule has 0 radical (unpaired) electrons. The fourth-order valence-electron chi connectivity index (χ4n) is 1.79. The van der Waals surface area contributed by atoms with Crippen LogP contribution < -0.4 is 16.4 Å². The summed E-state index contributed by atoms with van der Waals surface area (Å²) in [7, 11) is 5.77. The average molecular weight is 267 g/mol. The van der Waals surface area contributed by atoms with Crippen LogP contribution in [-0.4, -0.2) is 54.1 Å². The van der Waals surface area contributed by atoms with Gasteiger partial charge in [0, 0.05) is 20.6 Å². The van der Waals surface area contributed by atoms with Crippen LogP contribution in [0.2, 0.25) is 0 Å². The highest BCUT2D eigenvalue weighted by atomic mass is 15.3. The molecular formula is C12H25N7. The molecule has 0 saturated heterocycles. The van der Waals surface area contributed by atoms with Gasteiger partial charge in [-0.1, -0.05) is 13.8 Å². The van der Waals surface area contributed by atoms with Crippen LogP contribution in [0.1, 0.15) is 19.7 Å². The zero-order valence-electron chi connectivity index (χ0n) is 12.5. The number of nitrogen functional groups attached to an aromatic ring is 1. The molecular weight excluding hydrogens is 242 g/mol. The van der Waals surface area contributed by atoms with Crippen molar-refractivity contribution in [3.63, 3.8) is 0 Å². The molecule has 0 aliphatic rings. The first-order valence-electron chi connectivity index (χ1n) is 6.30. The highest BCUT2D eigenvalue weighted by Crippen LogP contribution is 2.15. The molecule has 0 unspecified atom stereocenters. The molecule has 0 amide bonds. The highest BCUT2D eigenvalue weighted by Gasteiger charge is 2.19. The Bertz CT molecular complexity index is 417. The molecule has 1 rings (SSSR count). The van der Waals surface area contributed by atoms with Crippen LogP contribution in [0.4, 0.5) is 11.9 Å². The quantitative estimate of drug-likeness (QED) is 0.745. The van der Waals surface area contributed by atoms with E-state index in [4.69, 9.17) is 11.5 Å². The molecule has 19 heavy (non-hydrogen) atoms. The van der Waals surface area contributed by atoms with Crippen LogP contribution in [0, 0.1) is 5.41 Å². The summed E-state index contributed by atoms with van der Waals surface area (Å²) < 4.78 is 0. The van der Waals surface area contributed by atoms with E-state index in [1.807, 2.05) is 26.0 Å². The molecule has 0 bridgehead atoms. The number of rotatable bonds is 6. The Labute approximate surface area is 115 Å². The third-order valence-electron chi connectivity index (χ3n) is 2.75. The summed E-state index contributed by atoms with van der Waals surface area (Å²) in [6.45, 7) is 6.40. The van der Waals surface area contributed by atoms with Gasteiger partial charge in [-0.3, -0.25) is 4.90 Å². The molecule has 7 nitrogen and oxygen atoms in total. The largest absolute Gasteiger partial charge is 0.368 e. The minimum Gasteiger partial charge on any atom is -0.368 e. The zero-order valence-corrected chi connectivity index (χ0v) is 12.5. The predicted molar refractivity (Wildman–Crippen MR) is 77.7 cm³/mol. The molecule has 1 heterocycles. The van der Waals surface area contributed by atoms with Crippen molar-refractivity contribution in [2.24, 2.45) is 11.1 Å². The predicted octanol–water partition coefficient (Wildman–Crippen LogP) is -0.0635. The molecule has 108 valence electrons. The molecule has 0 fully saturated rings. The fourth-order valence-corrected chi connectivity index (χ4v) is 1.79. The van der Waals surface area contributed by atoms with Gasteiger partial charge in [-0.15, -0.1) is 0 Å². The molecule has 0 aromatic carbocycles. The van der Waals surface area contributed by atoms with Gasteiger partial charge in [0.25, 0.3) is 0 Å². The van der Waals surface area contributed by atoms with E-state index in [0.29, 0.717) is 24.9 Å². The Morgan fingerprint density at radius 1 is 1.11 bits per heavy atom. The molecule has 7 heteroatoms. The standard InChI is InChI=1S/C12H25N7/c1-12(2,7-13)8-19(5)6-9-15-10(14)17-11(16-9)18(3)4/h6-8,13H2,1-5H3,(H2,14,15,16,17). The smallest absolute Gasteiger partial charge is 0.229 e. The second-order valence-corrected chi connectivity index (χ2v) is 5.84. The van der Waals surface area contributed by atoms with E-state index < -0.39 is 0 Å². The molecule has 1 aromatic rings. The molecule has 4 N–H and O–H groups in total. The van der Waals surface area contributed by atoms with E-state index in [2.05, 4.69) is 33.7 Å². The summed E-state index contributed by atoms with van der Waals surface area (Å²) in [4.78, 5) is 16.6. The van der Waals surface area contributed by atoms with E-state index >= 15 is 0 Å². The Kier molecular flexibility index (Phi) is 5.02. The maximum Gasteiger partial charge on any atom is 0.229 e. The first kappa shape index (κ1) is 15.6. The Balaban J connectivity index is 2.76. The van der Waals surface area contributed by atoms with Gasteiger partial charge in [-0.25, -0.2) is 0 Å². The van der Waals surface area contributed by atoms with Gasteiger partial charge >= 0.3 is 0 Å². The van der Waals surface area contributed by atoms with Crippen LogP contribution in [0.25, 0.3) is 0 Å². The number of nitrogens with zero attached hydrogens (tertiary/aromatic N) is 5. The van der Waals surface area contributed by atoms with E-state index in [0.717, 1.165) is 6.54 Å². The van der Waals surface area contributed by atoms with Gasteiger partial charge in [0.15, 0.2) is 0 Å². The van der Waals surface area contributed by atoms with Crippen molar-refractivity contribution in [1.29, 1.82) is 0 Å². The third kappa shape index (κ3) is 4.96. The summed E-state index contributed by atoms with van der Waals surface area (Å²) in [6, 6.07) is 0. The lowest BCUT2D eigenvalue weighted by Gasteiger charge is -2.28. The molecule has 1 aromatic heterocycles.